The van der Waals surface area contributed by atoms with Gasteiger partial charge in [0.2, 0.25) is 5.91 Å². The molecule has 1 aromatic carbocycles. The van der Waals surface area contributed by atoms with E-state index in [0.717, 1.165) is 0 Å². The van der Waals surface area contributed by atoms with E-state index in [2.05, 4.69) is 10.6 Å². The molecule has 1 atom stereocenters. The smallest absolute Gasteiger partial charge is 0.238 e. The van der Waals surface area contributed by atoms with E-state index in [1.807, 2.05) is 36.6 Å². The minimum absolute atomic E-state index is 0.100. The second-order valence-corrected chi connectivity index (χ2v) is 5.53. The molecule has 0 bridgehead atoms. The fourth-order valence-corrected chi connectivity index (χ4v) is 2.58. The Morgan fingerprint density at radius 3 is 2.79 bits per heavy atom. The zero-order valence-corrected chi connectivity index (χ0v) is 12.1. The van der Waals surface area contributed by atoms with E-state index in [0.29, 0.717) is 10.7 Å². The molecule has 3 nitrogen and oxygen atoms in total. The first-order valence-electron chi connectivity index (χ1n) is 5.98. The minimum atomic E-state index is -0.100. The number of halogens is 1. The molecule has 2 rings (SSSR count). The largest absolute Gasteiger partial charge is 0.324 e. The number of hydrogen-bond acceptors (Lipinski definition) is 3. The Morgan fingerprint density at radius 1 is 1.32 bits per heavy atom. The van der Waals surface area contributed by atoms with Crippen molar-refractivity contribution >= 4 is 34.5 Å². The lowest BCUT2D eigenvalue weighted by Gasteiger charge is -2.12. The molecule has 0 radical (unpaired) electrons. The van der Waals surface area contributed by atoms with Gasteiger partial charge in [-0.2, -0.15) is 0 Å². The fraction of sp³-hybridized carbons (Fsp3) is 0.214. The Kier molecular flexibility index (Phi) is 4.96. The topological polar surface area (TPSA) is 41.1 Å². The first kappa shape index (κ1) is 14.1. The summed E-state index contributed by atoms with van der Waals surface area (Å²) in [6, 6.07) is 11.4. The number of thiophene rings is 1. The Hall–Kier alpha value is -1.36. The van der Waals surface area contributed by atoms with Gasteiger partial charge in [-0.25, -0.2) is 0 Å². The second kappa shape index (κ2) is 6.70. The molecule has 0 saturated heterocycles. The van der Waals surface area contributed by atoms with Crippen LogP contribution in [0.3, 0.4) is 0 Å². The van der Waals surface area contributed by atoms with Gasteiger partial charge in [0.25, 0.3) is 0 Å². The highest BCUT2D eigenvalue weighted by molar-refractivity contribution is 7.10. The van der Waals surface area contributed by atoms with E-state index >= 15 is 0 Å². The molecule has 5 heteroatoms. The molecule has 0 saturated carbocycles. The van der Waals surface area contributed by atoms with Gasteiger partial charge in [-0.1, -0.05) is 29.8 Å². The maximum atomic E-state index is 11.8. The Balaban J connectivity index is 1.84. The highest BCUT2D eigenvalue weighted by Crippen LogP contribution is 2.20. The highest BCUT2D eigenvalue weighted by Gasteiger charge is 2.09. The van der Waals surface area contributed by atoms with Gasteiger partial charge < -0.3 is 10.6 Å². The van der Waals surface area contributed by atoms with Crippen LogP contribution < -0.4 is 10.6 Å². The maximum Gasteiger partial charge on any atom is 0.238 e. The third-order valence-corrected chi connectivity index (χ3v) is 4.07. The summed E-state index contributed by atoms with van der Waals surface area (Å²) in [6.45, 7) is 2.29. The monoisotopic (exact) mass is 294 g/mol. The van der Waals surface area contributed by atoms with E-state index in [9.17, 15) is 4.79 Å². The summed E-state index contributed by atoms with van der Waals surface area (Å²) < 4.78 is 0. The Bertz CT molecular complexity index is 542. The van der Waals surface area contributed by atoms with Crippen molar-refractivity contribution in [3.05, 3.63) is 51.7 Å². The molecule has 0 aliphatic rings. The van der Waals surface area contributed by atoms with Gasteiger partial charge in [0.15, 0.2) is 0 Å². The van der Waals surface area contributed by atoms with Crippen LogP contribution in [0.5, 0.6) is 0 Å². The summed E-state index contributed by atoms with van der Waals surface area (Å²) in [5.41, 5.74) is 0.639. The predicted octanol–water partition coefficient (Wildman–Crippen LogP) is 3.69. The third-order valence-electron chi connectivity index (χ3n) is 2.69. The molecule has 0 spiro atoms. The fourth-order valence-electron chi connectivity index (χ4n) is 1.64. The molecule has 0 fully saturated rings. The normalized spacial score (nSPS) is 12.1. The zero-order valence-electron chi connectivity index (χ0n) is 10.5. The summed E-state index contributed by atoms with van der Waals surface area (Å²) in [7, 11) is 0. The van der Waals surface area contributed by atoms with E-state index in [1.54, 1.807) is 23.5 Å². The van der Waals surface area contributed by atoms with Gasteiger partial charge in [-0.15, -0.1) is 11.3 Å². The summed E-state index contributed by atoms with van der Waals surface area (Å²) in [6.07, 6.45) is 0. The lowest BCUT2D eigenvalue weighted by Crippen LogP contribution is -2.29. The molecule has 1 aromatic heterocycles. The number of carbonyl (C=O) groups is 1. The van der Waals surface area contributed by atoms with Gasteiger partial charge in [0.05, 0.1) is 17.3 Å². The van der Waals surface area contributed by atoms with Crippen LogP contribution >= 0.6 is 22.9 Å². The van der Waals surface area contributed by atoms with E-state index in [1.165, 1.54) is 4.88 Å². The van der Waals surface area contributed by atoms with Gasteiger partial charge in [-0.3, -0.25) is 4.79 Å². The van der Waals surface area contributed by atoms with Crippen LogP contribution in [0.2, 0.25) is 5.02 Å². The zero-order chi connectivity index (χ0) is 13.7. The molecule has 1 amide bonds. The quantitative estimate of drug-likeness (QED) is 0.883. The van der Waals surface area contributed by atoms with Gasteiger partial charge in [0, 0.05) is 10.9 Å². The molecular formula is C14H15ClN2OS. The molecule has 19 heavy (non-hydrogen) atoms. The Labute approximate surface area is 121 Å². The molecule has 100 valence electrons. The lowest BCUT2D eigenvalue weighted by molar-refractivity contribution is -0.115. The third kappa shape index (κ3) is 4.06. The Morgan fingerprint density at radius 2 is 2.11 bits per heavy atom. The molecular weight excluding hydrogens is 280 g/mol. The molecule has 0 aliphatic carbocycles. The van der Waals surface area contributed by atoms with Gasteiger partial charge in [-0.05, 0) is 30.5 Å². The summed E-state index contributed by atoms with van der Waals surface area (Å²) >= 11 is 7.65. The van der Waals surface area contributed by atoms with Crippen molar-refractivity contribution in [3.8, 4) is 0 Å². The number of anilines is 1. The van der Waals surface area contributed by atoms with Crippen LogP contribution in [-0.4, -0.2) is 12.5 Å². The number of benzene rings is 1. The van der Waals surface area contributed by atoms with Crippen LogP contribution in [-0.2, 0) is 4.79 Å². The number of nitrogens with one attached hydrogen (secondary N) is 2. The van der Waals surface area contributed by atoms with Crippen LogP contribution in [0, 0.1) is 0 Å². The summed E-state index contributed by atoms with van der Waals surface area (Å²) in [5, 5.41) is 8.53. The van der Waals surface area contributed by atoms with Crippen LogP contribution in [0.4, 0.5) is 5.69 Å². The number of rotatable bonds is 5. The van der Waals surface area contributed by atoms with Crippen LogP contribution in [0.25, 0.3) is 0 Å². The van der Waals surface area contributed by atoms with Gasteiger partial charge >= 0.3 is 0 Å². The average Bonchev–Trinajstić information content (AvgIpc) is 2.93. The molecule has 1 heterocycles. The number of hydrogen-bond donors (Lipinski definition) is 2. The van der Waals surface area contributed by atoms with Crippen molar-refractivity contribution in [1.29, 1.82) is 0 Å². The van der Waals surface area contributed by atoms with Crippen molar-refractivity contribution < 1.29 is 4.79 Å². The number of para-hydroxylation sites is 1. The highest BCUT2D eigenvalue weighted by atomic mass is 35.5. The number of amides is 1. The van der Waals surface area contributed by atoms with E-state index in [-0.39, 0.29) is 18.5 Å². The maximum absolute atomic E-state index is 11.8. The average molecular weight is 295 g/mol. The minimum Gasteiger partial charge on any atom is -0.324 e. The summed E-state index contributed by atoms with van der Waals surface area (Å²) in [5.74, 6) is -0.100. The van der Waals surface area contributed by atoms with Crippen molar-refractivity contribution in [3.63, 3.8) is 0 Å². The molecule has 1 unspecified atom stereocenters. The van der Waals surface area contributed by atoms with E-state index in [4.69, 9.17) is 11.6 Å². The SMILES string of the molecule is CC(NCC(=O)Nc1ccccc1Cl)c1cccs1. The van der Waals surface area contributed by atoms with Crippen molar-refractivity contribution in [2.45, 2.75) is 13.0 Å². The van der Waals surface area contributed by atoms with Crippen LogP contribution in [0.15, 0.2) is 41.8 Å². The standard InChI is InChI=1S/C14H15ClN2OS/c1-10(13-7-4-8-19-13)16-9-14(18)17-12-6-3-2-5-11(12)15/h2-8,10,16H,9H2,1H3,(H,17,18). The molecule has 0 aliphatic heterocycles. The van der Waals surface area contributed by atoms with Gasteiger partial charge in [0.1, 0.15) is 0 Å². The first-order valence-corrected chi connectivity index (χ1v) is 7.24. The van der Waals surface area contributed by atoms with Crippen LogP contribution in [0.1, 0.15) is 17.8 Å². The lowest BCUT2D eigenvalue weighted by atomic mass is 10.2. The van der Waals surface area contributed by atoms with E-state index < -0.39 is 0 Å². The second-order valence-electron chi connectivity index (χ2n) is 4.15. The van der Waals surface area contributed by atoms with Crippen molar-refractivity contribution in [2.75, 3.05) is 11.9 Å². The molecule has 2 N–H and O–H groups in total. The molecule has 2 aromatic rings. The predicted molar refractivity (Wildman–Crippen MR) is 80.8 cm³/mol. The first-order chi connectivity index (χ1) is 9.16. The number of carbonyl (C=O) groups excluding carboxylic acids is 1. The van der Waals surface area contributed by atoms with Crippen molar-refractivity contribution in [1.82, 2.24) is 5.32 Å². The van der Waals surface area contributed by atoms with Crippen molar-refractivity contribution in [2.24, 2.45) is 0 Å². The summed E-state index contributed by atoms with van der Waals surface area (Å²) in [4.78, 5) is 13.0.